The number of rotatable bonds is 5. The van der Waals surface area contributed by atoms with E-state index in [0.717, 1.165) is 38.5 Å². The average molecular weight is 253 g/mol. The molecule has 4 heteroatoms. The Morgan fingerprint density at radius 3 is 2.17 bits per heavy atom. The highest BCUT2D eigenvalue weighted by Gasteiger charge is 2.33. The normalized spacial score (nSPS) is 23.1. The van der Waals surface area contributed by atoms with Crippen LogP contribution in [-0.2, 0) is 14.3 Å². The van der Waals surface area contributed by atoms with E-state index in [1.807, 2.05) is 0 Å². The number of hydrogen-bond acceptors (Lipinski definition) is 3. The minimum absolute atomic E-state index is 0.148. The first-order valence-electron chi connectivity index (χ1n) is 7.15. The van der Waals surface area contributed by atoms with Gasteiger partial charge in [-0.15, -0.1) is 0 Å². The number of esters is 1. The van der Waals surface area contributed by atoms with Gasteiger partial charge in [0, 0.05) is 12.3 Å². The molecule has 0 aromatic heterocycles. The topological polar surface area (TPSA) is 69.4 Å². The second kappa shape index (κ2) is 6.21. The summed E-state index contributed by atoms with van der Waals surface area (Å²) >= 11 is 0. The number of amides is 1. The highest BCUT2D eigenvalue weighted by atomic mass is 16.5. The van der Waals surface area contributed by atoms with Crippen molar-refractivity contribution in [3.63, 3.8) is 0 Å². The van der Waals surface area contributed by atoms with Gasteiger partial charge in [-0.2, -0.15) is 0 Å². The second-order valence-corrected chi connectivity index (χ2v) is 5.71. The average Bonchev–Trinajstić information content (AvgIpc) is 2.97. The smallest absolute Gasteiger partial charge is 0.306 e. The summed E-state index contributed by atoms with van der Waals surface area (Å²) < 4.78 is 5.34. The Balaban J connectivity index is 1.83. The molecule has 2 fully saturated rings. The van der Waals surface area contributed by atoms with E-state index in [1.165, 1.54) is 12.8 Å². The molecule has 1 amide bonds. The maximum absolute atomic E-state index is 11.8. The molecule has 0 radical (unpaired) electrons. The number of nitrogens with two attached hydrogens (primary N) is 1. The molecule has 2 aliphatic carbocycles. The first kappa shape index (κ1) is 13.4. The number of carbonyl (C=O) groups is 2. The predicted octanol–water partition coefficient (Wildman–Crippen LogP) is 2.15. The van der Waals surface area contributed by atoms with Crippen LogP contribution >= 0.6 is 0 Å². The van der Waals surface area contributed by atoms with Crippen LogP contribution in [0.4, 0.5) is 0 Å². The zero-order valence-corrected chi connectivity index (χ0v) is 10.9. The van der Waals surface area contributed by atoms with Crippen LogP contribution in [0.15, 0.2) is 0 Å². The molecule has 0 aromatic rings. The molecule has 0 bridgehead atoms. The fourth-order valence-electron chi connectivity index (χ4n) is 3.29. The predicted molar refractivity (Wildman–Crippen MR) is 67.6 cm³/mol. The third-order valence-electron chi connectivity index (χ3n) is 4.30. The molecule has 0 heterocycles. The fourth-order valence-corrected chi connectivity index (χ4v) is 3.29. The summed E-state index contributed by atoms with van der Waals surface area (Å²) in [7, 11) is 0. The standard InChI is InChI=1S/C14H23NO3/c15-14(17)13(11-7-3-4-8-11)18-12(16)9-10-5-1-2-6-10/h10-11,13H,1-9H2,(H2,15,17). The molecule has 0 aliphatic heterocycles. The monoisotopic (exact) mass is 253 g/mol. The molecule has 0 saturated heterocycles. The van der Waals surface area contributed by atoms with Gasteiger partial charge in [-0.3, -0.25) is 9.59 Å². The van der Waals surface area contributed by atoms with E-state index in [4.69, 9.17) is 10.5 Å². The molecule has 2 saturated carbocycles. The van der Waals surface area contributed by atoms with Crippen molar-refractivity contribution in [2.75, 3.05) is 0 Å². The van der Waals surface area contributed by atoms with Gasteiger partial charge in [0.2, 0.25) is 0 Å². The van der Waals surface area contributed by atoms with Gasteiger partial charge in [-0.25, -0.2) is 0 Å². The van der Waals surface area contributed by atoms with E-state index in [1.54, 1.807) is 0 Å². The van der Waals surface area contributed by atoms with Gasteiger partial charge < -0.3 is 10.5 Å². The third-order valence-corrected chi connectivity index (χ3v) is 4.30. The zero-order valence-electron chi connectivity index (χ0n) is 10.9. The largest absolute Gasteiger partial charge is 0.452 e. The van der Waals surface area contributed by atoms with Crippen LogP contribution in [0.25, 0.3) is 0 Å². The minimum atomic E-state index is -0.693. The molecule has 2 aliphatic rings. The Morgan fingerprint density at radius 2 is 1.61 bits per heavy atom. The van der Waals surface area contributed by atoms with Gasteiger partial charge in [0.05, 0.1) is 0 Å². The van der Waals surface area contributed by atoms with Crippen molar-refractivity contribution < 1.29 is 14.3 Å². The van der Waals surface area contributed by atoms with Crippen molar-refractivity contribution in [1.29, 1.82) is 0 Å². The molecule has 1 unspecified atom stereocenters. The Bertz CT molecular complexity index is 304. The van der Waals surface area contributed by atoms with E-state index < -0.39 is 12.0 Å². The van der Waals surface area contributed by atoms with Gasteiger partial charge in [-0.05, 0) is 31.6 Å². The van der Waals surface area contributed by atoms with Crippen LogP contribution in [0.5, 0.6) is 0 Å². The first-order valence-corrected chi connectivity index (χ1v) is 7.15. The Morgan fingerprint density at radius 1 is 1.06 bits per heavy atom. The van der Waals surface area contributed by atoms with Crippen LogP contribution in [0.2, 0.25) is 0 Å². The van der Waals surface area contributed by atoms with Gasteiger partial charge in [-0.1, -0.05) is 25.7 Å². The maximum Gasteiger partial charge on any atom is 0.306 e. The lowest BCUT2D eigenvalue weighted by molar-refractivity contribution is -0.159. The van der Waals surface area contributed by atoms with Crippen molar-refractivity contribution in [3.8, 4) is 0 Å². The van der Waals surface area contributed by atoms with E-state index in [2.05, 4.69) is 0 Å². The molecule has 4 nitrogen and oxygen atoms in total. The van der Waals surface area contributed by atoms with E-state index in [0.29, 0.717) is 12.3 Å². The lowest BCUT2D eigenvalue weighted by atomic mass is 10.00. The number of ether oxygens (including phenoxy) is 1. The van der Waals surface area contributed by atoms with Gasteiger partial charge >= 0.3 is 5.97 Å². The Hall–Kier alpha value is -1.06. The molecule has 0 aromatic carbocycles. The van der Waals surface area contributed by atoms with Gasteiger partial charge in [0.1, 0.15) is 0 Å². The number of primary amides is 1. The zero-order chi connectivity index (χ0) is 13.0. The summed E-state index contributed by atoms with van der Waals surface area (Å²) in [6.45, 7) is 0. The summed E-state index contributed by atoms with van der Waals surface area (Å²) in [6, 6.07) is 0. The second-order valence-electron chi connectivity index (χ2n) is 5.71. The first-order chi connectivity index (χ1) is 8.66. The van der Waals surface area contributed by atoms with Crippen LogP contribution in [0.3, 0.4) is 0 Å². The quantitative estimate of drug-likeness (QED) is 0.763. The van der Waals surface area contributed by atoms with Crippen LogP contribution in [-0.4, -0.2) is 18.0 Å². The van der Waals surface area contributed by atoms with E-state index in [-0.39, 0.29) is 11.9 Å². The molecule has 18 heavy (non-hydrogen) atoms. The minimum Gasteiger partial charge on any atom is -0.452 e. The summed E-state index contributed by atoms with van der Waals surface area (Å²) in [6.07, 6.45) is 8.51. The van der Waals surface area contributed by atoms with Crippen molar-refractivity contribution in [2.24, 2.45) is 17.6 Å². The summed E-state index contributed by atoms with van der Waals surface area (Å²) in [5.74, 6) is -0.121. The number of carbonyl (C=O) groups excluding carboxylic acids is 2. The van der Waals surface area contributed by atoms with Crippen LogP contribution < -0.4 is 5.73 Å². The highest BCUT2D eigenvalue weighted by Crippen LogP contribution is 2.31. The van der Waals surface area contributed by atoms with Gasteiger partial charge in [0.15, 0.2) is 6.10 Å². The van der Waals surface area contributed by atoms with Crippen molar-refractivity contribution in [3.05, 3.63) is 0 Å². The van der Waals surface area contributed by atoms with E-state index >= 15 is 0 Å². The van der Waals surface area contributed by atoms with Crippen LogP contribution in [0.1, 0.15) is 57.8 Å². The fraction of sp³-hybridized carbons (Fsp3) is 0.857. The van der Waals surface area contributed by atoms with Crippen LogP contribution in [0, 0.1) is 11.8 Å². The third kappa shape index (κ3) is 3.47. The lowest BCUT2D eigenvalue weighted by Crippen LogP contribution is -2.38. The lowest BCUT2D eigenvalue weighted by Gasteiger charge is -2.21. The van der Waals surface area contributed by atoms with Crippen molar-refractivity contribution in [2.45, 2.75) is 63.9 Å². The molecule has 2 rings (SSSR count). The number of hydrogen-bond donors (Lipinski definition) is 1. The van der Waals surface area contributed by atoms with E-state index in [9.17, 15) is 9.59 Å². The highest BCUT2D eigenvalue weighted by molar-refractivity contribution is 5.82. The summed E-state index contributed by atoms with van der Waals surface area (Å²) in [5, 5.41) is 0. The maximum atomic E-state index is 11.8. The molecule has 2 N–H and O–H groups in total. The molecular formula is C14H23NO3. The van der Waals surface area contributed by atoms with Crippen molar-refractivity contribution in [1.82, 2.24) is 0 Å². The summed E-state index contributed by atoms with van der Waals surface area (Å²) in [4.78, 5) is 23.2. The molecule has 1 atom stereocenters. The SMILES string of the molecule is NC(=O)C(OC(=O)CC1CCCC1)C1CCCC1. The molecule has 102 valence electrons. The Kier molecular flexibility index (Phi) is 4.61. The summed E-state index contributed by atoms with van der Waals surface area (Å²) in [5.41, 5.74) is 5.36. The Labute approximate surface area is 108 Å². The molecule has 0 spiro atoms. The van der Waals surface area contributed by atoms with Gasteiger partial charge in [0.25, 0.3) is 5.91 Å². The van der Waals surface area contributed by atoms with Crippen molar-refractivity contribution >= 4 is 11.9 Å². The molecular weight excluding hydrogens is 230 g/mol.